The second kappa shape index (κ2) is 8.62. The summed E-state index contributed by atoms with van der Waals surface area (Å²) in [6.45, 7) is 1.78. The van der Waals surface area contributed by atoms with E-state index in [1.807, 2.05) is 42.5 Å². The summed E-state index contributed by atoms with van der Waals surface area (Å²) in [6.07, 6.45) is 0. The molecule has 4 aromatic rings. The number of nitrogens with one attached hydrogen (secondary N) is 1. The Hall–Kier alpha value is -3.63. The van der Waals surface area contributed by atoms with Crippen LogP contribution < -0.4 is 5.32 Å². The van der Waals surface area contributed by atoms with Crippen molar-refractivity contribution in [2.45, 2.75) is 6.92 Å². The van der Waals surface area contributed by atoms with E-state index in [2.05, 4.69) is 23.5 Å². The summed E-state index contributed by atoms with van der Waals surface area (Å²) >= 11 is 6.09. The van der Waals surface area contributed by atoms with Gasteiger partial charge in [-0.2, -0.15) is 0 Å². The zero-order valence-corrected chi connectivity index (χ0v) is 17.9. The molecule has 0 bridgehead atoms. The fourth-order valence-electron chi connectivity index (χ4n) is 3.67. The zero-order valence-electron chi connectivity index (χ0n) is 17.1. The summed E-state index contributed by atoms with van der Waals surface area (Å²) in [4.78, 5) is 25.3. The minimum atomic E-state index is -0.564. The molecule has 4 nitrogen and oxygen atoms in total. The van der Waals surface area contributed by atoms with E-state index in [0.29, 0.717) is 21.8 Å². The third-order valence-corrected chi connectivity index (χ3v) is 5.39. The summed E-state index contributed by atoms with van der Waals surface area (Å²) in [5.41, 5.74) is 3.74. The number of amides is 1. The van der Waals surface area contributed by atoms with Gasteiger partial charge in [-0.1, -0.05) is 66.2 Å². The Kier molecular flexibility index (Phi) is 5.74. The van der Waals surface area contributed by atoms with E-state index in [-0.39, 0.29) is 11.5 Å². The number of anilines is 1. The van der Waals surface area contributed by atoms with Crippen LogP contribution >= 0.6 is 11.6 Å². The maximum absolute atomic E-state index is 13.1. The van der Waals surface area contributed by atoms with Crippen molar-refractivity contribution in [1.29, 1.82) is 0 Å². The van der Waals surface area contributed by atoms with Gasteiger partial charge in [-0.05, 0) is 58.7 Å². The number of ether oxygens (including phenoxy) is 1. The molecule has 4 rings (SSSR count). The average molecular weight is 430 g/mol. The number of carbonyl (C=O) groups excluding carboxylic acids is 2. The van der Waals surface area contributed by atoms with Crippen molar-refractivity contribution in [2.24, 2.45) is 0 Å². The van der Waals surface area contributed by atoms with Gasteiger partial charge < -0.3 is 10.1 Å². The summed E-state index contributed by atoms with van der Waals surface area (Å²) in [5.74, 6) is -0.886. The molecule has 0 aliphatic heterocycles. The van der Waals surface area contributed by atoms with E-state index in [1.54, 1.807) is 19.1 Å². The first-order valence-corrected chi connectivity index (χ1v) is 10.1. The SMILES string of the molecule is COC(=O)c1cc(Cl)cc(C)c1NC(=O)c1cccc(-c2cccc3ccccc23)c1. The van der Waals surface area contributed by atoms with E-state index in [0.717, 1.165) is 21.9 Å². The van der Waals surface area contributed by atoms with Crippen LogP contribution in [0.15, 0.2) is 78.9 Å². The first-order chi connectivity index (χ1) is 15.0. The van der Waals surface area contributed by atoms with Crippen molar-refractivity contribution in [3.05, 3.63) is 101 Å². The lowest BCUT2D eigenvalue weighted by Gasteiger charge is -2.14. The van der Waals surface area contributed by atoms with Gasteiger partial charge in [0.05, 0.1) is 18.4 Å². The standard InChI is InChI=1S/C26H20ClNO3/c1-16-13-20(27)15-23(26(30)31-2)24(16)28-25(29)19-10-5-9-18(14-19)22-12-6-8-17-7-3-4-11-21(17)22/h3-15H,1-2H3,(H,28,29). The molecular formula is C26H20ClNO3. The first-order valence-electron chi connectivity index (χ1n) is 9.76. The summed E-state index contributed by atoms with van der Waals surface area (Å²) < 4.78 is 4.84. The number of hydrogen-bond donors (Lipinski definition) is 1. The second-order valence-corrected chi connectivity index (χ2v) is 7.63. The molecular weight excluding hydrogens is 410 g/mol. The van der Waals surface area contributed by atoms with Gasteiger partial charge in [0.2, 0.25) is 0 Å². The highest BCUT2D eigenvalue weighted by molar-refractivity contribution is 6.31. The van der Waals surface area contributed by atoms with Gasteiger partial charge in [0.25, 0.3) is 5.91 Å². The minimum absolute atomic E-state index is 0.214. The molecule has 0 aliphatic rings. The van der Waals surface area contributed by atoms with Crippen LogP contribution in [0.4, 0.5) is 5.69 Å². The van der Waals surface area contributed by atoms with Crippen LogP contribution in [0.5, 0.6) is 0 Å². The van der Waals surface area contributed by atoms with E-state index in [9.17, 15) is 9.59 Å². The van der Waals surface area contributed by atoms with Gasteiger partial charge in [0.1, 0.15) is 0 Å². The van der Waals surface area contributed by atoms with Crippen LogP contribution in [0.2, 0.25) is 5.02 Å². The van der Waals surface area contributed by atoms with Crippen LogP contribution in [0, 0.1) is 6.92 Å². The molecule has 0 saturated carbocycles. The fourth-order valence-corrected chi connectivity index (χ4v) is 3.94. The lowest BCUT2D eigenvalue weighted by Crippen LogP contribution is -2.16. The van der Waals surface area contributed by atoms with E-state index in [1.165, 1.54) is 13.2 Å². The maximum Gasteiger partial charge on any atom is 0.340 e. The Morgan fingerprint density at radius 2 is 1.65 bits per heavy atom. The molecule has 154 valence electrons. The van der Waals surface area contributed by atoms with Crippen molar-refractivity contribution in [3.8, 4) is 11.1 Å². The van der Waals surface area contributed by atoms with Crippen LogP contribution in [-0.2, 0) is 4.74 Å². The molecule has 4 aromatic carbocycles. The molecule has 31 heavy (non-hydrogen) atoms. The Morgan fingerprint density at radius 3 is 2.45 bits per heavy atom. The number of fused-ring (bicyclic) bond motifs is 1. The minimum Gasteiger partial charge on any atom is -0.465 e. The number of carbonyl (C=O) groups is 2. The van der Waals surface area contributed by atoms with E-state index < -0.39 is 5.97 Å². The third-order valence-electron chi connectivity index (χ3n) is 5.17. The van der Waals surface area contributed by atoms with Crippen LogP contribution in [-0.4, -0.2) is 19.0 Å². The lowest BCUT2D eigenvalue weighted by atomic mass is 9.97. The predicted octanol–water partition coefficient (Wildman–Crippen LogP) is 6.51. The van der Waals surface area contributed by atoms with Gasteiger partial charge in [0.15, 0.2) is 0 Å². The summed E-state index contributed by atoms with van der Waals surface area (Å²) in [6, 6.07) is 24.8. The van der Waals surface area contributed by atoms with Gasteiger partial charge >= 0.3 is 5.97 Å². The molecule has 5 heteroatoms. The van der Waals surface area contributed by atoms with E-state index in [4.69, 9.17) is 16.3 Å². The van der Waals surface area contributed by atoms with Crippen molar-refractivity contribution in [1.82, 2.24) is 0 Å². The van der Waals surface area contributed by atoms with Crippen molar-refractivity contribution >= 4 is 39.9 Å². The van der Waals surface area contributed by atoms with Crippen molar-refractivity contribution < 1.29 is 14.3 Å². The van der Waals surface area contributed by atoms with Crippen LogP contribution in [0.25, 0.3) is 21.9 Å². The van der Waals surface area contributed by atoms with Crippen molar-refractivity contribution in [3.63, 3.8) is 0 Å². The third kappa shape index (κ3) is 4.16. The average Bonchev–Trinajstić information content (AvgIpc) is 2.79. The predicted molar refractivity (Wildman–Crippen MR) is 125 cm³/mol. The number of methoxy groups -OCH3 is 1. The summed E-state index contributed by atoms with van der Waals surface area (Å²) in [7, 11) is 1.29. The van der Waals surface area contributed by atoms with Gasteiger partial charge in [0, 0.05) is 10.6 Å². The Labute approximate surface area is 185 Å². The highest BCUT2D eigenvalue weighted by Gasteiger charge is 2.18. The monoisotopic (exact) mass is 429 g/mol. The first kappa shape index (κ1) is 20.6. The topological polar surface area (TPSA) is 55.4 Å². The number of hydrogen-bond acceptors (Lipinski definition) is 3. The molecule has 0 aromatic heterocycles. The molecule has 0 aliphatic carbocycles. The smallest absolute Gasteiger partial charge is 0.340 e. The normalized spacial score (nSPS) is 10.7. The lowest BCUT2D eigenvalue weighted by molar-refractivity contribution is 0.0602. The molecule has 0 heterocycles. The van der Waals surface area contributed by atoms with Crippen LogP contribution in [0.1, 0.15) is 26.3 Å². The Bertz CT molecular complexity index is 1310. The molecule has 1 amide bonds. The Morgan fingerprint density at radius 1 is 0.903 bits per heavy atom. The number of rotatable bonds is 4. The molecule has 0 atom stereocenters. The molecule has 0 unspecified atom stereocenters. The van der Waals surface area contributed by atoms with Crippen LogP contribution in [0.3, 0.4) is 0 Å². The molecule has 0 saturated heterocycles. The van der Waals surface area contributed by atoms with Gasteiger partial charge in [-0.15, -0.1) is 0 Å². The number of esters is 1. The number of halogens is 1. The highest BCUT2D eigenvalue weighted by atomic mass is 35.5. The van der Waals surface area contributed by atoms with Gasteiger partial charge in [-0.25, -0.2) is 4.79 Å². The molecule has 0 spiro atoms. The molecule has 1 N–H and O–H groups in total. The number of benzene rings is 4. The fraction of sp³-hybridized carbons (Fsp3) is 0.0769. The Balaban J connectivity index is 1.71. The van der Waals surface area contributed by atoms with Gasteiger partial charge in [-0.3, -0.25) is 4.79 Å². The summed E-state index contributed by atoms with van der Waals surface area (Å²) in [5, 5.41) is 5.50. The quantitative estimate of drug-likeness (QED) is 0.376. The largest absolute Gasteiger partial charge is 0.465 e. The highest BCUT2D eigenvalue weighted by Crippen LogP contribution is 2.30. The van der Waals surface area contributed by atoms with Crippen molar-refractivity contribution in [2.75, 3.05) is 12.4 Å². The zero-order chi connectivity index (χ0) is 22.0. The maximum atomic E-state index is 13.1. The number of aryl methyl sites for hydroxylation is 1. The second-order valence-electron chi connectivity index (χ2n) is 7.20. The molecule has 0 radical (unpaired) electrons. The van der Waals surface area contributed by atoms with E-state index >= 15 is 0 Å². The molecule has 0 fully saturated rings.